The van der Waals surface area contributed by atoms with Gasteiger partial charge in [0.1, 0.15) is 11.7 Å². The predicted molar refractivity (Wildman–Crippen MR) is 89.3 cm³/mol. The van der Waals surface area contributed by atoms with Gasteiger partial charge in [-0.15, -0.1) is 0 Å². The number of rotatable bonds is 3. The Hall–Kier alpha value is -2.88. The predicted octanol–water partition coefficient (Wildman–Crippen LogP) is 2.23. The van der Waals surface area contributed by atoms with Crippen LogP contribution in [0.5, 0.6) is 0 Å². The summed E-state index contributed by atoms with van der Waals surface area (Å²) in [4.78, 5) is 26.4. The molecule has 3 rings (SSSR count). The lowest BCUT2D eigenvalue weighted by Gasteiger charge is -2.32. The van der Waals surface area contributed by atoms with Crippen molar-refractivity contribution in [1.29, 1.82) is 0 Å². The first-order valence-corrected chi connectivity index (χ1v) is 7.54. The SMILES string of the molecule is CN1C(=O)C(Cc2ccccc2)NC(=O)/C1=C/c1ccccc1. The van der Waals surface area contributed by atoms with Crippen molar-refractivity contribution in [2.24, 2.45) is 0 Å². The van der Waals surface area contributed by atoms with Crippen molar-refractivity contribution in [2.75, 3.05) is 7.05 Å². The number of piperazine rings is 1. The number of nitrogens with one attached hydrogen (secondary N) is 1. The molecule has 0 radical (unpaired) electrons. The lowest BCUT2D eigenvalue weighted by atomic mass is 10.0. The second-order valence-electron chi connectivity index (χ2n) is 5.55. The zero-order chi connectivity index (χ0) is 16.2. The molecule has 4 nitrogen and oxygen atoms in total. The highest BCUT2D eigenvalue weighted by atomic mass is 16.2. The molecule has 0 spiro atoms. The van der Waals surface area contributed by atoms with Gasteiger partial charge in [-0.05, 0) is 17.2 Å². The van der Waals surface area contributed by atoms with Crippen molar-refractivity contribution in [2.45, 2.75) is 12.5 Å². The lowest BCUT2D eigenvalue weighted by molar-refractivity contribution is -0.138. The zero-order valence-electron chi connectivity index (χ0n) is 12.9. The third-order valence-corrected chi connectivity index (χ3v) is 3.91. The molecule has 1 N–H and O–H groups in total. The van der Waals surface area contributed by atoms with Crippen LogP contribution in [0.2, 0.25) is 0 Å². The molecule has 4 heteroatoms. The summed E-state index contributed by atoms with van der Waals surface area (Å²) in [5, 5.41) is 2.82. The number of hydrogen-bond acceptors (Lipinski definition) is 2. The van der Waals surface area contributed by atoms with Crippen LogP contribution in [0.15, 0.2) is 66.4 Å². The number of nitrogens with zero attached hydrogens (tertiary/aromatic N) is 1. The summed E-state index contributed by atoms with van der Waals surface area (Å²) in [6.07, 6.45) is 2.22. The van der Waals surface area contributed by atoms with Crippen LogP contribution in [0.4, 0.5) is 0 Å². The molecule has 1 aliphatic rings. The third kappa shape index (κ3) is 3.31. The Labute approximate surface area is 135 Å². The van der Waals surface area contributed by atoms with E-state index in [1.165, 1.54) is 4.90 Å². The van der Waals surface area contributed by atoms with Gasteiger partial charge in [-0.25, -0.2) is 0 Å². The van der Waals surface area contributed by atoms with Crippen molar-refractivity contribution < 1.29 is 9.59 Å². The van der Waals surface area contributed by atoms with Crippen molar-refractivity contribution in [3.8, 4) is 0 Å². The highest BCUT2D eigenvalue weighted by Gasteiger charge is 2.34. The number of hydrogen-bond donors (Lipinski definition) is 1. The first-order chi connectivity index (χ1) is 11.1. The normalized spacial score (nSPS) is 19.8. The average molecular weight is 306 g/mol. The first-order valence-electron chi connectivity index (χ1n) is 7.54. The highest BCUT2D eigenvalue weighted by molar-refractivity contribution is 6.07. The van der Waals surface area contributed by atoms with E-state index in [9.17, 15) is 9.59 Å². The fourth-order valence-electron chi connectivity index (χ4n) is 2.66. The Kier molecular flexibility index (Phi) is 4.24. The Morgan fingerprint density at radius 2 is 1.61 bits per heavy atom. The maximum Gasteiger partial charge on any atom is 0.268 e. The maximum absolute atomic E-state index is 12.5. The Morgan fingerprint density at radius 1 is 1.00 bits per heavy atom. The van der Waals surface area contributed by atoms with E-state index in [0.717, 1.165) is 11.1 Å². The number of benzene rings is 2. The molecule has 2 aromatic carbocycles. The molecule has 1 atom stereocenters. The monoisotopic (exact) mass is 306 g/mol. The molecule has 0 bridgehead atoms. The summed E-state index contributed by atoms with van der Waals surface area (Å²) in [5.74, 6) is -0.326. The van der Waals surface area contributed by atoms with Crippen LogP contribution in [0.3, 0.4) is 0 Å². The molecule has 0 aliphatic carbocycles. The number of carbonyl (C=O) groups excluding carboxylic acids is 2. The molecular weight excluding hydrogens is 288 g/mol. The van der Waals surface area contributed by atoms with Crippen LogP contribution in [-0.4, -0.2) is 29.8 Å². The fraction of sp³-hybridized carbons (Fsp3) is 0.158. The van der Waals surface area contributed by atoms with Crippen LogP contribution in [0.25, 0.3) is 6.08 Å². The van der Waals surface area contributed by atoms with E-state index in [4.69, 9.17) is 0 Å². The van der Waals surface area contributed by atoms with Crippen molar-refractivity contribution in [3.63, 3.8) is 0 Å². The number of carbonyl (C=O) groups is 2. The topological polar surface area (TPSA) is 49.4 Å². The van der Waals surface area contributed by atoms with Gasteiger partial charge in [-0.3, -0.25) is 9.59 Å². The third-order valence-electron chi connectivity index (χ3n) is 3.91. The number of likely N-dealkylation sites (N-methyl/N-ethyl adjacent to an activating group) is 1. The van der Waals surface area contributed by atoms with E-state index >= 15 is 0 Å². The van der Waals surface area contributed by atoms with Gasteiger partial charge < -0.3 is 10.2 Å². The minimum atomic E-state index is -0.525. The largest absolute Gasteiger partial charge is 0.339 e. The molecule has 1 saturated heterocycles. The van der Waals surface area contributed by atoms with Crippen LogP contribution < -0.4 is 5.32 Å². The maximum atomic E-state index is 12.5. The average Bonchev–Trinajstić information content (AvgIpc) is 2.58. The van der Waals surface area contributed by atoms with Gasteiger partial charge >= 0.3 is 0 Å². The molecule has 23 heavy (non-hydrogen) atoms. The van der Waals surface area contributed by atoms with Crippen molar-refractivity contribution in [3.05, 3.63) is 77.5 Å². The molecule has 0 aromatic heterocycles. The van der Waals surface area contributed by atoms with E-state index in [1.54, 1.807) is 13.1 Å². The molecule has 1 heterocycles. The van der Waals surface area contributed by atoms with Crippen LogP contribution in [0, 0.1) is 0 Å². The second kappa shape index (κ2) is 6.48. The van der Waals surface area contributed by atoms with Crippen LogP contribution in [-0.2, 0) is 16.0 Å². The summed E-state index contributed by atoms with van der Waals surface area (Å²) in [7, 11) is 1.65. The standard InChI is InChI=1S/C19H18N2O2/c1-21-17(13-15-10-6-3-7-11-15)18(22)20-16(19(21)23)12-14-8-4-2-5-9-14/h2-11,13,16H,12H2,1H3,(H,20,22)/b17-13-. The smallest absolute Gasteiger partial charge is 0.268 e. The first kappa shape index (κ1) is 15.0. The molecule has 1 unspecified atom stereocenters. The van der Waals surface area contributed by atoms with Gasteiger partial charge in [0.2, 0.25) is 5.91 Å². The van der Waals surface area contributed by atoms with E-state index in [2.05, 4.69) is 5.32 Å². The highest BCUT2D eigenvalue weighted by Crippen LogP contribution is 2.17. The van der Waals surface area contributed by atoms with Crippen molar-refractivity contribution >= 4 is 17.9 Å². The van der Waals surface area contributed by atoms with E-state index in [-0.39, 0.29) is 11.8 Å². The van der Waals surface area contributed by atoms with Gasteiger partial charge in [-0.2, -0.15) is 0 Å². The number of amides is 2. The van der Waals surface area contributed by atoms with Gasteiger partial charge in [0.05, 0.1) is 0 Å². The van der Waals surface area contributed by atoms with Crippen LogP contribution >= 0.6 is 0 Å². The molecular formula is C19H18N2O2. The van der Waals surface area contributed by atoms with Gasteiger partial charge in [0.25, 0.3) is 5.91 Å². The Bertz CT molecular complexity index is 738. The molecule has 1 fully saturated rings. The second-order valence-corrected chi connectivity index (χ2v) is 5.55. The minimum absolute atomic E-state index is 0.101. The van der Waals surface area contributed by atoms with E-state index in [1.807, 2.05) is 60.7 Å². The quantitative estimate of drug-likeness (QED) is 0.884. The summed E-state index contributed by atoms with van der Waals surface area (Å²) in [6, 6.07) is 18.7. The van der Waals surface area contributed by atoms with Gasteiger partial charge in [-0.1, -0.05) is 60.7 Å². The fourth-order valence-corrected chi connectivity index (χ4v) is 2.66. The van der Waals surface area contributed by atoms with E-state index < -0.39 is 6.04 Å². The van der Waals surface area contributed by atoms with Crippen LogP contribution in [0.1, 0.15) is 11.1 Å². The molecule has 2 amide bonds. The lowest BCUT2D eigenvalue weighted by Crippen LogP contribution is -2.56. The summed E-state index contributed by atoms with van der Waals surface area (Å²) in [5.41, 5.74) is 2.28. The van der Waals surface area contributed by atoms with Gasteiger partial charge in [0, 0.05) is 13.5 Å². The molecule has 0 saturated carbocycles. The molecule has 1 aliphatic heterocycles. The van der Waals surface area contributed by atoms with E-state index in [0.29, 0.717) is 12.1 Å². The van der Waals surface area contributed by atoms with Gasteiger partial charge in [0.15, 0.2) is 0 Å². The Balaban J connectivity index is 1.81. The van der Waals surface area contributed by atoms with Crippen molar-refractivity contribution in [1.82, 2.24) is 10.2 Å². The molecule has 116 valence electrons. The zero-order valence-corrected chi connectivity index (χ0v) is 12.9. The molecule has 2 aromatic rings. The summed E-state index contributed by atoms with van der Waals surface area (Å²) < 4.78 is 0. The minimum Gasteiger partial charge on any atom is -0.339 e. The summed E-state index contributed by atoms with van der Waals surface area (Å²) >= 11 is 0. The summed E-state index contributed by atoms with van der Waals surface area (Å²) in [6.45, 7) is 0. The Morgan fingerprint density at radius 3 is 2.26 bits per heavy atom.